The van der Waals surface area contributed by atoms with Crippen LogP contribution >= 0.6 is 0 Å². The molecule has 2 amide bonds. The van der Waals surface area contributed by atoms with Gasteiger partial charge in [-0.3, -0.25) is 0 Å². The van der Waals surface area contributed by atoms with Crippen molar-refractivity contribution in [2.45, 2.75) is 26.7 Å². The standard InChI is InChI=1S/C14H20F2N2O2/c1-3-14(4-2,9-19)8-17-13(20)18-12-6-5-10(15)7-11(12)16/h5-7,19H,3-4,8-9H2,1-2H3,(H2,17,18,20). The number of nitrogens with one attached hydrogen (secondary N) is 2. The molecule has 6 heteroatoms. The average Bonchev–Trinajstić information content (AvgIpc) is 2.44. The molecule has 0 atom stereocenters. The zero-order valence-electron chi connectivity index (χ0n) is 11.7. The van der Waals surface area contributed by atoms with Crippen molar-refractivity contribution in [1.82, 2.24) is 5.32 Å². The number of urea groups is 1. The summed E-state index contributed by atoms with van der Waals surface area (Å²) in [5, 5.41) is 14.3. The lowest BCUT2D eigenvalue weighted by Crippen LogP contribution is -2.41. The molecule has 4 nitrogen and oxygen atoms in total. The Labute approximate surface area is 117 Å². The summed E-state index contributed by atoms with van der Waals surface area (Å²) in [5.74, 6) is -1.54. The van der Waals surface area contributed by atoms with Crippen LogP contribution in [0.2, 0.25) is 0 Å². The van der Waals surface area contributed by atoms with Crippen molar-refractivity contribution >= 4 is 11.7 Å². The third-order valence-electron chi connectivity index (χ3n) is 3.64. The molecule has 3 N–H and O–H groups in total. The van der Waals surface area contributed by atoms with Crippen LogP contribution in [0, 0.1) is 17.0 Å². The maximum absolute atomic E-state index is 13.4. The Balaban J connectivity index is 2.60. The maximum atomic E-state index is 13.4. The molecule has 0 unspecified atom stereocenters. The molecule has 0 saturated carbocycles. The van der Waals surface area contributed by atoms with Gasteiger partial charge in [0.2, 0.25) is 0 Å². The van der Waals surface area contributed by atoms with Crippen LogP contribution in [0.15, 0.2) is 18.2 Å². The summed E-state index contributed by atoms with van der Waals surface area (Å²) in [5.41, 5.74) is -0.468. The summed E-state index contributed by atoms with van der Waals surface area (Å²) in [6.07, 6.45) is 1.43. The summed E-state index contributed by atoms with van der Waals surface area (Å²) < 4.78 is 26.1. The minimum atomic E-state index is -0.834. The van der Waals surface area contributed by atoms with Gasteiger partial charge in [0.15, 0.2) is 0 Å². The first kappa shape index (κ1) is 16.4. The SMILES string of the molecule is CCC(CC)(CO)CNC(=O)Nc1ccc(F)cc1F. The predicted octanol–water partition coefficient (Wildman–Crippen LogP) is 2.89. The normalized spacial score (nSPS) is 11.2. The topological polar surface area (TPSA) is 61.4 Å². The van der Waals surface area contributed by atoms with Crippen LogP contribution in [-0.4, -0.2) is 24.3 Å². The second kappa shape index (κ2) is 7.19. The first-order chi connectivity index (χ1) is 9.46. The smallest absolute Gasteiger partial charge is 0.319 e. The van der Waals surface area contributed by atoms with Crippen molar-refractivity contribution < 1.29 is 18.7 Å². The highest BCUT2D eigenvalue weighted by molar-refractivity contribution is 5.89. The van der Waals surface area contributed by atoms with Gasteiger partial charge in [-0.2, -0.15) is 0 Å². The molecule has 0 aliphatic carbocycles. The molecule has 0 aliphatic heterocycles. The molecule has 1 aromatic rings. The minimum Gasteiger partial charge on any atom is -0.396 e. The molecule has 0 aliphatic rings. The van der Waals surface area contributed by atoms with E-state index in [0.717, 1.165) is 12.1 Å². The van der Waals surface area contributed by atoms with Crippen molar-refractivity contribution in [2.24, 2.45) is 5.41 Å². The number of aliphatic hydroxyl groups excluding tert-OH is 1. The highest BCUT2D eigenvalue weighted by Crippen LogP contribution is 2.24. The summed E-state index contributed by atoms with van der Waals surface area (Å²) in [4.78, 5) is 11.7. The van der Waals surface area contributed by atoms with Gasteiger partial charge in [-0.1, -0.05) is 13.8 Å². The lowest BCUT2D eigenvalue weighted by atomic mass is 9.83. The molecule has 20 heavy (non-hydrogen) atoms. The van der Waals surface area contributed by atoms with Gasteiger partial charge in [0.1, 0.15) is 11.6 Å². The van der Waals surface area contributed by atoms with Gasteiger partial charge in [0.05, 0.1) is 12.3 Å². The fourth-order valence-corrected chi connectivity index (χ4v) is 1.80. The molecular formula is C14H20F2N2O2. The molecule has 0 fully saturated rings. The Morgan fingerprint density at radius 3 is 2.45 bits per heavy atom. The summed E-state index contributed by atoms with van der Waals surface area (Å²) in [6.45, 7) is 4.11. The Morgan fingerprint density at radius 2 is 1.95 bits per heavy atom. The van der Waals surface area contributed by atoms with Crippen LogP contribution < -0.4 is 10.6 Å². The lowest BCUT2D eigenvalue weighted by Gasteiger charge is -2.29. The lowest BCUT2D eigenvalue weighted by molar-refractivity contribution is 0.116. The van der Waals surface area contributed by atoms with Crippen molar-refractivity contribution in [2.75, 3.05) is 18.5 Å². The summed E-state index contributed by atoms with van der Waals surface area (Å²) in [6, 6.07) is 2.33. The minimum absolute atomic E-state index is 0.0365. The summed E-state index contributed by atoms with van der Waals surface area (Å²) in [7, 11) is 0. The number of hydrogen-bond donors (Lipinski definition) is 3. The number of aliphatic hydroxyl groups is 1. The molecule has 0 saturated heterocycles. The van der Waals surface area contributed by atoms with E-state index in [1.54, 1.807) is 0 Å². The number of carbonyl (C=O) groups excluding carboxylic acids is 1. The van der Waals surface area contributed by atoms with Crippen molar-refractivity contribution in [3.8, 4) is 0 Å². The number of benzene rings is 1. The maximum Gasteiger partial charge on any atom is 0.319 e. The molecule has 1 rings (SSSR count). The fraction of sp³-hybridized carbons (Fsp3) is 0.500. The van der Waals surface area contributed by atoms with Crippen molar-refractivity contribution in [1.29, 1.82) is 0 Å². The van der Waals surface area contributed by atoms with Crippen LogP contribution in [-0.2, 0) is 0 Å². The van der Waals surface area contributed by atoms with Gasteiger partial charge in [-0.05, 0) is 25.0 Å². The Hall–Kier alpha value is -1.69. The summed E-state index contributed by atoms with van der Waals surface area (Å²) >= 11 is 0. The van der Waals surface area contributed by atoms with E-state index in [4.69, 9.17) is 0 Å². The first-order valence-corrected chi connectivity index (χ1v) is 6.57. The van der Waals surface area contributed by atoms with E-state index in [-0.39, 0.29) is 24.3 Å². The van der Waals surface area contributed by atoms with Gasteiger partial charge >= 0.3 is 6.03 Å². The molecule has 0 radical (unpaired) electrons. The molecule has 0 spiro atoms. The molecule has 0 bridgehead atoms. The van der Waals surface area contributed by atoms with Gasteiger partial charge in [-0.15, -0.1) is 0 Å². The highest BCUT2D eigenvalue weighted by atomic mass is 19.1. The first-order valence-electron chi connectivity index (χ1n) is 6.57. The van der Waals surface area contributed by atoms with Gasteiger partial charge < -0.3 is 15.7 Å². The van der Waals surface area contributed by atoms with Gasteiger partial charge in [-0.25, -0.2) is 13.6 Å². The number of anilines is 1. The molecular weight excluding hydrogens is 266 g/mol. The fourth-order valence-electron chi connectivity index (χ4n) is 1.80. The van der Waals surface area contributed by atoms with E-state index in [9.17, 15) is 18.7 Å². The van der Waals surface area contributed by atoms with Gasteiger partial charge in [0, 0.05) is 18.0 Å². The van der Waals surface area contributed by atoms with Crippen LogP contribution in [0.3, 0.4) is 0 Å². The van der Waals surface area contributed by atoms with E-state index in [2.05, 4.69) is 10.6 Å². The number of halogens is 2. The van der Waals surface area contributed by atoms with E-state index < -0.39 is 17.7 Å². The van der Waals surface area contributed by atoms with Crippen molar-refractivity contribution in [3.63, 3.8) is 0 Å². The van der Waals surface area contributed by atoms with Crippen molar-refractivity contribution in [3.05, 3.63) is 29.8 Å². The second-order valence-corrected chi connectivity index (χ2v) is 4.80. The Kier molecular flexibility index (Phi) is 5.88. The predicted molar refractivity (Wildman–Crippen MR) is 73.5 cm³/mol. The second-order valence-electron chi connectivity index (χ2n) is 4.80. The van der Waals surface area contributed by atoms with E-state index >= 15 is 0 Å². The zero-order chi connectivity index (χ0) is 15.2. The van der Waals surface area contributed by atoms with Gasteiger partial charge in [0.25, 0.3) is 0 Å². The third-order valence-corrected chi connectivity index (χ3v) is 3.64. The largest absolute Gasteiger partial charge is 0.396 e. The van der Waals surface area contributed by atoms with Crippen LogP contribution in [0.4, 0.5) is 19.3 Å². The zero-order valence-corrected chi connectivity index (χ0v) is 11.7. The number of carbonyl (C=O) groups is 1. The van der Waals surface area contributed by atoms with Crippen LogP contribution in [0.1, 0.15) is 26.7 Å². The quantitative estimate of drug-likeness (QED) is 0.753. The van der Waals surface area contributed by atoms with E-state index in [0.29, 0.717) is 18.9 Å². The Bertz CT molecular complexity index is 454. The van der Waals surface area contributed by atoms with E-state index in [1.165, 1.54) is 0 Å². The number of hydrogen-bond acceptors (Lipinski definition) is 2. The van der Waals surface area contributed by atoms with Crippen LogP contribution in [0.25, 0.3) is 0 Å². The Morgan fingerprint density at radius 1 is 1.30 bits per heavy atom. The average molecular weight is 286 g/mol. The monoisotopic (exact) mass is 286 g/mol. The molecule has 112 valence electrons. The highest BCUT2D eigenvalue weighted by Gasteiger charge is 2.25. The van der Waals surface area contributed by atoms with Crippen LogP contribution in [0.5, 0.6) is 0 Å². The van der Waals surface area contributed by atoms with E-state index in [1.807, 2.05) is 13.8 Å². The third kappa shape index (κ3) is 4.16. The molecule has 0 aromatic heterocycles. The number of rotatable bonds is 6. The molecule has 1 aromatic carbocycles. The molecule has 0 heterocycles. The number of amides is 2.